The Morgan fingerprint density at radius 3 is 2.50 bits per heavy atom. The molecule has 1 aliphatic heterocycles. The number of carbonyl (C=O) groups excluding carboxylic acids is 1. The quantitative estimate of drug-likeness (QED) is 0.855. The van der Waals surface area contributed by atoms with Crippen molar-refractivity contribution in [2.45, 2.75) is 19.4 Å². The van der Waals surface area contributed by atoms with Crippen LogP contribution in [0.3, 0.4) is 0 Å². The number of guanidine groups is 1. The Hall–Kier alpha value is -2.62. The molecule has 0 bridgehead atoms. The van der Waals surface area contributed by atoms with Gasteiger partial charge in [0.25, 0.3) is 0 Å². The van der Waals surface area contributed by atoms with E-state index in [0.29, 0.717) is 12.5 Å². The van der Waals surface area contributed by atoms with E-state index in [-0.39, 0.29) is 11.3 Å². The highest BCUT2D eigenvalue weighted by Gasteiger charge is 2.31. The van der Waals surface area contributed by atoms with Crippen LogP contribution in [-0.4, -0.2) is 18.3 Å². The molecule has 2 aromatic rings. The summed E-state index contributed by atoms with van der Waals surface area (Å²) in [4.78, 5) is 15.8. The lowest BCUT2D eigenvalue weighted by atomic mass is 9.90. The Balaban J connectivity index is 1.98. The average Bonchev–Trinajstić information content (AvgIpc) is 2.88. The van der Waals surface area contributed by atoms with Crippen LogP contribution in [0.5, 0.6) is 0 Å². The summed E-state index contributed by atoms with van der Waals surface area (Å²) in [5.74, 6) is 0.551. The number of Topliss-reactive ketones (excluding diaryl/α,β-unsaturated/α-hetero) is 1. The van der Waals surface area contributed by atoms with E-state index in [1.165, 1.54) is 0 Å². The molecule has 0 radical (unpaired) electrons. The van der Waals surface area contributed by atoms with E-state index in [9.17, 15) is 4.79 Å². The van der Waals surface area contributed by atoms with Crippen LogP contribution in [0.25, 0.3) is 11.1 Å². The normalized spacial score (nSPS) is 20.4. The van der Waals surface area contributed by atoms with Gasteiger partial charge in [0.1, 0.15) is 0 Å². The average molecular weight is 293 g/mol. The number of hydrogen-bond acceptors (Lipinski definition) is 4. The van der Waals surface area contributed by atoms with Crippen LogP contribution in [0, 0.1) is 0 Å². The zero-order chi connectivity index (χ0) is 15.7. The molecular weight excluding hydrogens is 274 g/mol. The maximum atomic E-state index is 11.6. The van der Waals surface area contributed by atoms with Gasteiger partial charge < -0.3 is 11.1 Å². The van der Waals surface area contributed by atoms with Crippen LogP contribution >= 0.6 is 0 Å². The van der Waals surface area contributed by atoms with Gasteiger partial charge >= 0.3 is 0 Å². The topological polar surface area (TPSA) is 67.5 Å². The summed E-state index contributed by atoms with van der Waals surface area (Å²) in [6.07, 6.45) is 0. The van der Waals surface area contributed by atoms with Gasteiger partial charge in [-0.2, -0.15) is 0 Å². The molecule has 1 aliphatic rings. The van der Waals surface area contributed by atoms with Crippen molar-refractivity contribution in [1.29, 1.82) is 0 Å². The van der Waals surface area contributed by atoms with Gasteiger partial charge in [-0.05, 0) is 42.7 Å². The molecule has 0 saturated carbocycles. The standard InChI is InChI=1S/C18H19N3O/c1-12(22)13-5-3-6-14(9-13)15-7-4-8-16(10-15)18(2)11-20-17(19)21-18/h3-10H,11H2,1-2H3,(H3,19,20,21). The summed E-state index contributed by atoms with van der Waals surface area (Å²) in [7, 11) is 0. The number of ketones is 1. The van der Waals surface area contributed by atoms with Crippen molar-refractivity contribution in [1.82, 2.24) is 5.32 Å². The molecule has 2 aromatic carbocycles. The highest BCUT2D eigenvalue weighted by molar-refractivity contribution is 5.95. The number of rotatable bonds is 3. The van der Waals surface area contributed by atoms with Crippen molar-refractivity contribution in [2.24, 2.45) is 10.7 Å². The number of aliphatic imine (C=N–C) groups is 1. The number of nitrogens with zero attached hydrogens (tertiary/aromatic N) is 1. The predicted octanol–water partition coefficient (Wildman–Crippen LogP) is 2.69. The van der Waals surface area contributed by atoms with Crippen molar-refractivity contribution in [2.75, 3.05) is 6.54 Å². The van der Waals surface area contributed by atoms with E-state index in [2.05, 4.69) is 29.4 Å². The Kier molecular flexibility index (Phi) is 3.45. The highest BCUT2D eigenvalue weighted by Crippen LogP contribution is 2.29. The van der Waals surface area contributed by atoms with Gasteiger partial charge in [-0.15, -0.1) is 0 Å². The molecule has 3 rings (SSSR count). The minimum absolute atomic E-state index is 0.0728. The number of carbonyl (C=O) groups is 1. The Morgan fingerprint density at radius 1 is 1.18 bits per heavy atom. The largest absolute Gasteiger partial charge is 0.370 e. The molecule has 4 nitrogen and oxygen atoms in total. The second kappa shape index (κ2) is 5.30. The summed E-state index contributed by atoms with van der Waals surface area (Å²) < 4.78 is 0. The first-order valence-corrected chi connectivity index (χ1v) is 7.28. The highest BCUT2D eigenvalue weighted by atomic mass is 16.1. The van der Waals surface area contributed by atoms with Crippen molar-refractivity contribution in [3.8, 4) is 11.1 Å². The Labute approximate surface area is 130 Å². The van der Waals surface area contributed by atoms with Gasteiger partial charge in [-0.25, -0.2) is 0 Å². The molecule has 0 fully saturated rings. The maximum absolute atomic E-state index is 11.6. The minimum atomic E-state index is -0.279. The fourth-order valence-electron chi connectivity index (χ4n) is 2.73. The van der Waals surface area contributed by atoms with Crippen molar-refractivity contribution in [3.63, 3.8) is 0 Å². The smallest absolute Gasteiger partial charge is 0.189 e. The molecule has 4 heteroatoms. The van der Waals surface area contributed by atoms with Crippen LogP contribution < -0.4 is 11.1 Å². The van der Waals surface area contributed by atoms with Crippen molar-refractivity contribution in [3.05, 3.63) is 59.7 Å². The van der Waals surface area contributed by atoms with E-state index in [1.807, 2.05) is 36.4 Å². The van der Waals surface area contributed by atoms with Gasteiger partial charge in [0.05, 0.1) is 12.1 Å². The van der Waals surface area contributed by atoms with Crippen LogP contribution in [0.4, 0.5) is 0 Å². The van der Waals surface area contributed by atoms with Gasteiger partial charge in [0, 0.05) is 5.56 Å². The third kappa shape index (κ3) is 2.60. The number of hydrogen-bond donors (Lipinski definition) is 2. The second-order valence-corrected chi connectivity index (χ2v) is 5.88. The zero-order valence-electron chi connectivity index (χ0n) is 12.8. The Morgan fingerprint density at radius 2 is 1.86 bits per heavy atom. The van der Waals surface area contributed by atoms with E-state index >= 15 is 0 Å². The molecule has 112 valence electrons. The molecule has 0 aliphatic carbocycles. The SMILES string of the molecule is CC(=O)c1cccc(-c2cccc(C3(C)CN=C(N)N3)c2)c1. The molecule has 0 spiro atoms. The molecule has 1 heterocycles. The van der Waals surface area contributed by atoms with Gasteiger partial charge in [-0.3, -0.25) is 9.79 Å². The fourth-order valence-corrected chi connectivity index (χ4v) is 2.73. The maximum Gasteiger partial charge on any atom is 0.189 e. The van der Waals surface area contributed by atoms with E-state index in [4.69, 9.17) is 5.73 Å². The van der Waals surface area contributed by atoms with Crippen LogP contribution in [0.15, 0.2) is 53.5 Å². The molecule has 3 N–H and O–H groups in total. The lowest BCUT2D eigenvalue weighted by molar-refractivity contribution is 0.101. The zero-order valence-corrected chi connectivity index (χ0v) is 12.8. The summed E-state index contributed by atoms with van der Waals surface area (Å²) in [6.45, 7) is 4.29. The summed E-state index contributed by atoms with van der Waals surface area (Å²) >= 11 is 0. The van der Waals surface area contributed by atoms with Gasteiger partial charge in [-0.1, -0.05) is 36.4 Å². The van der Waals surface area contributed by atoms with Crippen LogP contribution in [0.2, 0.25) is 0 Å². The summed E-state index contributed by atoms with van der Waals surface area (Å²) in [5, 5.41) is 3.23. The van der Waals surface area contributed by atoms with Crippen LogP contribution in [-0.2, 0) is 5.54 Å². The van der Waals surface area contributed by atoms with Gasteiger partial charge in [0.2, 0.25) is 0 Å². The number of nitrogens with two attached hydrogens (primary N) is 1. The predicted molar refractivity (Wildman–Crippen MR) is 88.9 cm³/mol. The third-order valence-electron chi connectivity index (χ3n) is 4.07. The summed E-state index contributed by atoms with van der Waals surface area (Å²) in [6, 6.07) is 16.0. The lowest BCUT2D eigenvalue weighted by Crippen LogP contribution is -2.42. The molecule has 0 aromatic heterocycles. The van der Waals surface area contributed by atoms with Gasteiger partial charge in [0.15, 0.2) is 11.7 Å². The summed E-state index contributed by atoms with van der Waals surface area (Å²) in [5.41, 5.74) is 9.43. The van der Waals surface area contributed by atoms with Crippen molar-refractivity contribution >= 4 is 11.7 Å². The first-order chi connectivity index (χ1) is 10.5. The molecule has 22 heavy (non-hydrogen) atoms. The van der Waals surface area contributed by atoms with E-state index < -0.39 is 0 Å². The second-order valence-electron chi connectivity index (χ2n) is 5.88. The van der Waals surface area contributed by atoms with Crippen molar-refractivity contribution < 1.29 is 4.79 Å². The number of nitrogens with one attached hydrogen (secondary N) is 1. The third-order valence-corrected chi connectivity index (χ3v) is 4.07. The van der Waals surface area contributed by atoms with Crippen LogP contribution in [0.1, 0.15) is 29.8 Å². The molecule has 1 atom stereocenters. The minimum Gasteiger partial charge on any atom is -0.370 e. The first kappa shape index (κ1) is 14.3. The molecule has 0 saturated heterocycles. The fraction of sp³-hybridized carbons (Fsp3) is 0.222. The van der Waals surface area contributed by atoms with E-state index in [0.717, 1.165) is 22.3 Å². The number of benzene rings is 2. The molecule has 1 unspecified atom stereocenters. The first-order valence-electron chi connectivity index (χ1n) is 7.28. The lowest BCUT2D eigenvalue weighted by Gasteiger charge is -2.25. The Bertz CT molecular complexity index is 766. The monoisotopic (exact) mass is 293 g/mol. The molecular formula is C18H19N3O. The van der Waals surface area contributed by atoms with E-state index in [1.54, 1.807) is 6.92 Å². The molecule has 0 amide bonds.